The van der Waals surface area contributed by atoms with Gasteiger partial charge in [-0.3, -0.25) is 4.57 Å². The minimum Gasteiger partial charge on any atom is -0.385 e. The molecule has 2 aromatic heterocycles. The number of aliphatic hydroxyl groups is 2. The molecule has 144 valence electrons. The Morgan fingerprint density at radius 1 is 1.41 bits per heavy atom. The first-order chi connectivity index (χ1) is 13.0. The number of aliphatic hydroxyl groups excluding tert-OH is 1. The van der Waals surface area contributed by atoms with Crippen LogP contribution >= 0.6 is 0 Å². The van der Waals surface area contributed by atoms with E-state index in [1.54, 1.807) is 4.57 Å². The summed E-state index contributed by atoms with van der Waals surface area (Å²) in [6, 6.07) is 0.371. The maximum atomic E-state index is 10.6. The minimum atomic E-state index is -1.58. The van der Waals surface area contributed by atoms with E-state index in [1.165, 1.54) is 32.4 Å². The standard InChI is InChI=1S/C16H22N8O3/c1-16(26)10(6-21-23-17)27-15(12(16)25)24-8-20-11-13(18-7-19-14(11)24)22-9-4-2-3-5-9/h7-10,12,15,25-26H,2-6H2,1H3,(H,18,19,22)/t10-,12+,15-,16+/m1/s1. The first kappa shape index (κ1) is 17.9. The van der Waals surface area contributed by atoms with Crippen molar-refractivity contribution in [3.05, 3.63) is 23.1 Å². The van der Waals surface area contributed by atoms with Gasteiger partial charge in [0.1, 0.15) is 18.0 Å². The van der Waals surface area contributed by atoms with Gasteiger partial charge in [0.25, 0.3) is 0 Å². The normalized spacial score (nSPS) is 31.3. The zero-order chi connectivity index (χ0) is 19.0. The van der Waals surface area contributed by atoms with Crippen molar-refractivity contribution < 1.29 is 14.9 Å². The first-order valence-corrected chi connectivity index (χ1v) is 9.03. The summed E-state index contributed by atoms with van der Waals surface area (Å²) in [5, 5.41) is 28.1. The number of nitrogens with zero attached hydrogens (tertiary/aromatic N) is 7. The van der Waals surface area contributed by atoms with Crippen LogP contribution in [-0.4, -0.2) is 60.1 Å². The molecule has 3 heterocycles. The van der Waals surface area contributed by atoms with Crippen LogP contribution < -0.4 is 5.32 Å². The number of nitrogens with one attached hydrogen (secondary N) is 1. The maximum absolute atomic E-state index is 10.6. The number of azide groups is 1. The molecular formula is C16H22N8O3. The Morgan fingerprint density at radius 2 is 2.19 bits per heavy atom. The summed E-state index contributed by atoms with van der Waals surface area (Å²) in [7, 11) is 0. The second kappa shape index (κ2) is 6.93. The second-order valence-electron chi connectivity index (χ2n) is 7.27. The van der Waals surface area contributed by atoms with Crippen molar-refractivity contribution in [2.45, 2.75) is 62.7 Å². The monoisotopic (exact) mass is 374 g/mol. The van der Waals surface area contributed by atoms with Gasteiger partial charge >= 0.3 is 0 Å². The van der Waals surface area contributed by atoms with Crippen LogP contribution in [0.1, 0.15) is 38.8 Å². The van der Waals surface area contributed by atoms with Crippen molar-refractivity contribution in [3.63, 3.8) is 0 Å². The summed E-state index contributed by atoms with van der Waals surface area (Å²) in [6.07, 6.45) is 4.56. The van der Waals surface area contributed by atoms with Crippen molar-refractivity contribution in [1.82, 2.24) is 19.5 Å². The molecule has 4 atom stereocenters. The van der Waals surface area contributed by atoms with Crippen LogP contribution in [0.15, 0.2) is 17.8 Å². The van der Waals surface area contributed by atoms with Crippen molar-refractivity contribution in [2.24, 2.45) is 5.11 Å². The number of hydrogen-bond donors (Lipinski definition) is 3. The van der Waals surface area contributed by atoms with Crippen LogP contribution in [0.4, 0.5) is 5.82 Å². The predicted molar refractivity (Wildman–Crippen MR) is 95.8 cm³/mol. The van der Waals surface area contributed by atoms with Crippen molar-refractivity contribution in [1.29, 1.82) is 0 Å². The number of rotatable bonds is 5. The van der Waals surface area contributed by atoms with Gasteiger partial charge in [0.05, 0.1) is 19.0 Å². The predicted octanol–water partition coefficient (Wildman–Crippen LogP) is 1.50. The summed E-state index contributed by atoms with van der Waals surface area (Å²) < 4.78 is 7.37. The smallest absolute Gasteiger partial charge is 0.167 e. The third-order valence-corrected chi connectivity index (χ3v) is 5.46. The second-order valence-corrected chi connectivity index (χ2v) is 7.27. The zero-order valence-electron chi connectivity index (χ0n) is 14.9. The molecule has 27 heavy (non-hydrogen) atoms. The van der Waals surface area contributed by atoms with Crippen molar-refractivity contribution in [3.8, 4) is 0 Å². The molecule has 0 amide bonds. The van der Waals surface area contributed by atoms with E-state index in [0.29, 0.717) is 23.0 Å². The number of hydrogen-bond acceptors (Lipinski definition) is 8. The van der Waals surface area contributed by atoms with Gasteiger partial charge in [-0.05, 0) is 25.3 Å². The lowest BCUT2D eigenvalue weighted by molar-refractivity contribution is -0.0600. The van der Waals surface area contributed by atoms with E-state index >= 15 is 0 Å². The summed E-state index contributed by atoms with van der Waals surface area (Å²) in [5.74, 6) is 0.649. The van der Waals surface area contributed by atoms with Gasteiger partial charge in [0.2, 0.25) is 0 Å². The van der Waals surface area contributed by atoms with Gasteiger partial charge in [0.15, 0.2) is 23.2 Å². The highest BCUT2D eigenvalue weighted by atomic mass is 16.6. The Balaban J connectivity index is 1.65. The van der Waals surface area contributed by atoms with Crippen LogP contribution in [0.5, 0.6) is 0 Å². The van der Waals surface area contributed by atoms with Crippen LogP contribution in [0.25, 0.3) is 21.6 Å². The highest BCUT2D eigenvalue weighted by Gasteiger charge is 2.52. The van der Waals surface area contributed by atoms with Crippen LogP contribution in [-0.2, 0) is 4.74 Å². The Morgan fingerprint density at radius 3 is 2.93 bits per heavy atom. The molecule has 2 aromatic rings. The molecule has 1 aliphatic heterocycles. The Bertz CT molecular complexity index is 872. The molecule has 11 nitrogen and oxygen atoms in total. The molecule has 2 aliphatic rings. The van der Waals surface area contributed by atoms with E-state index in [2.05, 4.69) is 30.3 Å². The number of aromatic nitrogens is 4. The maximum Gasteiger partial charge on any atom is 0.167 e. The fourth-order valence-electron chi connectivity index (χ4n) is 3.82. The van der Waals surface area contributed by atoms with E-state index in [0.717, 1.165) is 12.8 Å². The number of anilines is 1. The van der Waals surface area contributed by atoms with Gasteiger partial charge in [-0.2, -0.15) is 0 Å². The van der Waals surface area contributed by atoms with Crippen LogP contribution in [0.3, 0.4) is 0 Å². The molecular weight excluding hydrogens is 352 g/mol. The Hall–Kier alpha value is -2.46. The van der Waals surface area contributed by atoms with Crippen molar-refractivity contribution in [2.75, 3.05) is 11.9 Å². The average molecular weight is 374 g/mol. The molecule has 1 saturated carbocycles. The molecule has 0 aromatic carbocycles. The van der Waals surface area contributed by atoms with E-state index in [4.69, 9.17) is 10.3 Å². The first-order valence-electron chi connectivity index (χ1n) is 9.03. The third-order valence-electron chi connectivity index (χ3n) is 5.46. The molecule has 1 aliphatic carbocycles. The van der Waals surface area contributed by atoms with Crippen molar-refractivity contribution >= 4 is 17.0 Å². The molecule has 4 rings (SSSR count). The lowest BCUT2D eigenvalue weighted by Gasteiger charge is -2.25. The Kier molecular flexibility index (Phi) is 4.60. The highest BCUT2D eigenvalue weighted by molar-refractivity contribution is 5.82. The number of imidazole rings is 1. The number of ether oxygens (including phenoxy) is 1. The van der Waals surface area contributed by atoms with Gasteiger partial charge < -0.3 is 20.3 Å². The molecule has 0 spiro atoms. The number of fused-ring (bicyclic) bond motifs is 1. The SMILES string of the molecule is C[C@]1(O)[C@@H](CN=[N+]=[N-])O[C@@H](n2cnc3c(NC4CCCC4)ncnc32)[C@@H]1O. The topological polar surface area (TPSA) is 154 Å². The lowest BCUT2D eigenvalue weighted by Crippen LogP contribution is -2.45. The molecule has 1 saturated heterocycles. The average Bonchev–Trinajstić information content (AvgIpc) is 3.35. The van der Waals surface area contributed by atoms with E-state index in [1.807, 2.05) is 0 Å². The van der Waals surface area contributed by atoms with Crippen LogP contribution in [0, 0.1) is 0 Å². The molecule has 2 fully saturated rings. The van der Waals surface area contributed by atoms with E-state index < -0.39 is 24.0 Å². The highest BCUT2D eigenvalue weighted by Crippen LogP contribution is 2.38. The molecule has 0 unspecified atom stereocenters. The minimum absolute atomic E-state index is 0.0901. The third kappa shape index (κ3) is 3.08. The molecule has 0 bridgehead atoms. The molecule has 0 radical (unpaired) electrons. The van der Waals surface area contributed by atoms with Gasteiger partial charge in [-0.1, -0.05) is 18.0 Å². The summed E-state index contributed by atoms with van der Waals surface area (Å²) in [5.41, 5.74) is 8.02. The molecule has 3 N–H and O–H groups in total. The largest absolute Gasteiger partial charge is 0.385 e. The summed E-state index contributed by atoms with van der Waals surface area (Å²) in [4.78, 5) is 15.7. The van der Waals surface area contributed by atoms with E-state index in [9.17, 15) is 10.2 Å². The zero-order valence-corrected chi connectivity index (χ0v) is 14.9. The fraction of sp³-hybridized carbons (Fsp3) is 0.688. The fourth-order valence-corrected chi connectivity index (χ4v) is 3.82. The summed E-state index contributed by atoms with van der Waals surface area (Å²) >= 11 is 0. The van der Waals surface area contributed by atoms with Crippen LogP contribution in [0.2, 0.25) is 0 Å². The molecule has 11 heteroatoms. The van der Waals surface area contributed by atoms with Gasteiger partial charge in [-0.15, -0.1) is 0 Å². The summed E-state index contributed by atoms with van der Waals surface area (Å²) in [6.45, 7) is 1.36. The quantitative estimate of drug-likeness (QED) is 0.407. The Labute approximate surface area is 155 Å². The lowest BCUT2D eigenvalue weighted by atomic mass is 9.94. The van der Waals surface area contributed by atoms with E-state index in [-0.39, 0.29) is 6.54 Å². The van der Waals surface area contributed by atoms with Gasteiger partial charge in [-0.25, -0.2) is 15.0 Å². The van der Waals surface area contributed by atoms with Gasteiger partial charge in [0, 0.05) is 11.0 Å².